The maximum atomic E-state index is 12.8. The van der Waals surface area contributed by atoms with Gasteiger partial charge in [-0.1, -0.05) is 12.7 Å². The summed E-state index contributed by atoms with van der Waals surface area (Å²) in [6.45, 7) is 5.63. The minimum atomic E-state index is 0. The zero-order chi connectivity index (χ0) is 16.2. The van der Waals surface area contributed by atoms with Crippen molar-refractivity contribution in [3.63, 3.8) is 0 Å². The van der Waals surface area contributed by atoms with Crippen LogP contribution in [0.3, 0.4) is 0 Å². The molecule has 6 heteroatoms. The first-order valence-electron chi connectivity index (χ1n) is 8.18. The minimum Gasteiger partial charge on any atom is -0.493 e. The summed E-state index contributed by atoms with van der Waals surface area (Å²) < 4.78 is 10.9. The van der Waals surface area contributed by atoms with E-state index in [-0.39, 0.29) is 18.3 Å². The molecular formula is C18H25ClN2O3. The standard InChI is InChI=1S/C18H24N2O3.ClH/c1-3-10-23-16-7-4-13(11-17(16)22-2)18(21)20-9-8-14-5-6-15(12-20)19-14;/h3-4,7,11,14-15,19H,1,5-6,8-10,12H2,2H3;1H. The second-order valence-electron chi connectivity index (χ2n) is 6.14. The van der Waals surface area contributed by atoms with Gasteiger partial charge in [-0.15, -0.1) is 12.4 Å². The number of nitrogens with zero attached hydrogens (tertiary/aromatic N) is 1. The van der Waals surface area contributed by atoms with Crippen LogP contribution in [0.15, 0.2) is 30.9 Å². The third-order valence-electron chi connectivity index (χ3n) is 4.58. The molecule has 0 aromatic heterocycles. The average molecular weight is 353 g/mol. The van der Waals surface area contributed by atoms with Crippen LogP contribution in [0.25, 0.3) is 0 Å². The number of carbonyl (C=O) groups is 1. The number of benzene rings is 1. The number of halogens is 1. The average Bonchev–Trinajstić information content (AvgIpc) is 2.91. The molecule has 2 unspecified atom stereocenters. The van der Waals surface area contributed by atoms with Crippen molar-refractivity contribution in [3.05, 3.63) is 36.4 Å². The first-order valence-corrected chi connectivity index (χ1v) is 8.18. The fraction of sp³-hybridized carbons (Fsp3) is 0.500. The van der Waals surface area contributed by atoms with Gasteiger partial charge in [0.25, 0.3) is 5.91 Å². The summed E-state index contributed by atoms with van der Waals surface area (Å²) in [5.74, 6) is 1.26. The van der Waals surface area contributed by atoms with Crippen LogP contribution >= 0.6 is 12.4 Å². The van der Waals surface area contributed by atoms with Gasteiger partial charge in [-0.2, -0.15) is 0 Å². The Morgan fingerprint density at radius 2 is 2.12 bits per heavy atom. The van der Waals surface area contributed by atoms with Gasteiger partial charge in [-0.05, 0) is 37.5 Å². The highest BCUT2D eigenvalue weighted by Crippen LogP contribution is 2.29. The zero-order valence-corrected chi connectivity index (χ0v) is 14.8. The molecule has 5 nitrogen and oxygen atoms in total. The number of carbonyl (C=O) groups excluding carboxylic acids is 1. The van der Waals surface area contributed by atoms with Gasteiger partial charge in [-0.25, -0.2) is 0 Å². The summed E-state index contributed by atoms with van der Waals surface area (Å²) in [5.41, 5.74) is 0.644. The lowest BCUT2D eigenvalue weighted by Gasteiger charge is -2.24. The largest absolute Gasteiger partial charge is 0.493 e. The molecule has 2 heterocycles. The first-order chi connectivity index (χ1) is 11.2. The number of fused-ring (bicyclic) bond motifs is 2. The molecule has 1 N–H and O–H groups in total. The fourth-order valence-corrected chi connectivity index (χ4v) is 3.38. The van der Waals surface area contributed by atoms with Crippen molar-refractivity contribution in [2.75, 3.05) is 26.8 Å². The van der Waals surface area contributed by atoms with Crippen molar-refractivity contribution < 1.29 is 14.3 Å². The third-order valence-corrected chi connectivity index (χ3v) is 4.58. The molecule has 2 atom stereocenters. The molecule has 0 radical (unpaired) electrons. The highest BCUT2D eigenvalue weighted by atomic mass is 35.5. The Kier molecular flexibility index (Phi) is 6.52. The van der Waals surface area contributed by atoms with Gasteiger partial charge in [0.15, 0.2) is 11.5 Å². The Balaban J connectivity index is 0.00000208. The third kappa shape index (κ3) is 4.02. The molecule has 3 rings (SSSR count). The predicted octanol–water partition coefficient (Wildman–Crippen LogP) is 2.65. The summed E-state index contributed by atoms with van der Waals surface area (Å²) in [6, 6.07) is 6.36. The lowest BCUT2D eigenvalue weighted by molar-refractivity contribution is 0.0747. The number of hydrogen-bond acceptors (Lipinski definition) is 4. The van der Waals surface area contributed by atoms with Crippen LogP contribution in [-0.2, 0) is 0 Å². The SMILES string of the molecule is C=CCOc1ccc(C(=O)N2CCC3CCC(C2)N3)cc1OC.Cl. The van der Waals surface area contributed by atoms with Crippen LogP contribution in [0.2, 0.25) is 0 Å². The molecule has 2 fully saturated rings. The predicted molar refractivity (Wildman–Crippen MR) is 96.4 cm³/mol. The molecule has 2 aliphatic heterocycles. The molecular weight excluding hydrogens is 328 g/mol. The summed E-state index contributed by atoms with van der Waals surface area (Å²) in [7, 11) is 1.58. The molecule has 0 spiro atoms. The van der Waals surface area contributed by atoms with E-state index in [0.717, 1.165) is 25.9 Å². The van der Waals surface area contributed by atoms with Gasteiger partial charge in [0.05, 0.1) is 7.11 Å². The second-order valence-corrected chi connectivity index (χ2v) is 6.14. The fourth-order valence-electron chi connectivity index (χ4n) is 3.38. The van der Waals surface area contributed by atoms with E-state index in [9.17, 15) is 4.79 Å². The van der Waals surface area contributed by atoms with Crippen molar-refractivity contribution in [1.82, 2.24) is 10.2 Å². The van der Waals surface area contributed by atoms with Gasteiger partial charge in [0.2, 0.25) is 0 Å². The highest BCUT2D eigenvalue weighted by molar-refractivity contribution is 5.95. The number of hydrogen-bond donors (Lipinski definition) is 1. The van der Waals surface area contributed by atoms with Crippen molar-refractivity contribution in [1.29, 1.82) is 0 Å². The van der Waals surface area contributed by atoms with Crippen molar-refractivity contribution >= 4 is 18.3 Å². The van der Waals surface area contributed by atoms with E-state index in [1.165, 1.54) is 6.42 Å². The second kappa shape index (κ2) is 8.40. The zero-order valence-electron chi connectivity index (χ0n) is 14.0. The van der Waals surface area contributed by atoms with Crippen molar-refractivity contribution in [3.8, 4) is 11.5 Å². The molecule has 1 aromatic carbocycles. The van der Waals surface area contributed by atoms with Crippen molar-refractivity contribution in [2.24, 2.45) is 0 Å². The maximum absolute atomic E-state index is 12.8. The summed E-state index contributed by atoms with van der Waals surface area (Å²) in [4.78, 5) is 14.8. The van der Waals surface area contributed by atoms with Crippen LogP contribution < -0.4 is 14.8 Å². The van der Waals surface area contributed by atoms with Gasteiger partial charge >= 0.3 is 0 Å². The van der Waals surface area contributed by atoms with E-state index in [1.54, 1.807) is 31.4 Å². The molecule has 2 bridgehead atoms. The van der Waals surface area contributed by atoms with Gasteiger partial charge in [0, 0.05) is 30.7 Å². The number of methoxy groups -OCH3 is 1. The summed E-state index contributed by atoms with van der Waals surface area (Å²) >= 11 is 0. The first kappa shape index (κ1) is 18.6. The van der Waals surface area contributed by atoms with E-state index in [1.807, 2.05) is 4.90 Å². The number of nitrogens with one attached hydrogen (secondary N) is 1. The monoisotopic (exact) mass is 352 g/mol. The lowest BCUT2D eigenvalue weighted by atomic mass is 10.1. The topological polar surface area (TPSA) is 50.8 Å². The molecule has 1 aromatic rings. The Labute approximate surface area is 149 Å². The van der Waals surface area contributed by atoms with Crippen LogP contribution in [0.1, 0.15) is 29.6 Å². The Morgan fingerprint density at radius 1 is 1.33 bits per heavy atom. The Morgan fingerprint density at radius 3 is 2.88 bits per heavy atom. The molecule has 2 saturated heterocycles. The van der Waals surface area contributed by atoms with E-state index < -0.39 is 0 Å². The van der Waals surface area contributed by atoms with Crippen LogP contribution in [0.4, 0.5) is 0 Å². The highest BCUT2D eigenvalue weighted by Gasteiger charge is 2.31. The molecule has 132 valence electrons. The van der Waals surface area contributed by atoms with Gasteiger partial charge in [0.1, 0.15) is 6.61 Å². The normalized spacial score (nSPS) is 22.3. The molecule has 24 heavy (non-hydrogen) atoms. The smallest absolute Gasteiger partial charge is 0.254 e. The minimum absolute atomic E-state index is 0. The molecule has 0 saturated carbocycles. The Bertz CT molecular complexity index is 594. The molecule has 2 aliphatic rings. The lowest BCUT2D eigenvalue weighted by Crippen LogP contribution is -2.39. The molecule has 0 aliphatic carbocycles. The number of amides is 1. The van der Waals surface area contributed by atoms with Crippen LogP contribution in [-0.4, -0.2) is 49.7 Å². The Hall–Kier alpha value is -1.72. The van der Waals surface area contributed by atoms with Crippen LogP contribution in [0.5, 0.6) is 11.5 Å². The number of likely N-dealkylation sites (tertiary alicyclic amines) is 1. The number of rotatable bonds is 5. The van der Waals surface area contributed by atoms with Crippen molar-refractivity contribution in [2.45, 2.75) is 31.3 Å². The van der Waals surface area contributed by atoms with E-state index in [2.05, 4.69) is 11.9 Å². The molecule has 1 amide bonds. The quantitative estimate of drug-likeness (QED) is 0.828. The summed E-state index contributed by atoms with van der Waals surface area (Å²) in [5, 5.41) is 3.60. The van der Waals surface area contributed by atoms with Gasteiger partial charge in [-0.3, -0.25) is 4.79 Å². The van der Waals surface area contributed by atoms with Crippen LogP contribution in [0, 0.1) is 0 Å². The van der Waals surface area contributed by atoms with E-state index >= 15 is 0 Å². The van der Waals surface area contributed by atoms with E-state index in [4.69, 9.17) is 9.47 Å². The maximum Gasteiger partial charge on any atom is 0.254 e. The summed E-state index contributed by atoms with van der Waals surface area (Å²) in [6.07, 6.45) is 5.10. The number of ether oxygens (including phenoxy) is 2. The van der Waals surface area contributed by atoms with E-state index in [0.29, 0.717) is 35.8 Å². The van der Waals surface area contributed by atoms with Gasteiger partial charge < -0.3 is 19.7 Å².